The van der Waals surface area contributed by atoms with Crippen LogP contribution in [0.3, 0.4) is 0 Å². The van der Waals surface area contributed by atoms with Crippen molar-refractivity contribution in [1.82, 2.24) is 15.5 Å². The highest BCUT2D eigenvalue weighted by molar-refractivity contribution is 6.30. The van der Waals surface area contributed by atoms with Gasteiger partial charge in [-0.2, -0.15) is 0 Å². The van der Waals surface area contributed by atoms with Gasteiger partial charge >= 0.3 is 12.1 Å². The van der Waals surface area contributed by atoms with E-state index in [9.17, 15) is 19.2 Å². The third-order valence-corrected chi connectivity index (χ3v) is 6.31. The minimum atomic E-state index is -1.19. The van der Waals surface area contributed by atoms with Gasteiger partial charge in [0, 0.05) is 30.8 Å². The van der Waals surface area contributed by atoms with E-state index in [1.54, 1.807) is 32.9 Å². The summed E-state index contributed by atoms with van der Waals surface area (Å²) in [5.41, 5.74) is 1.94. The number of carboxylic acid groups (broad SMARTS) is 1. The van der Waals surface area contributed by atoms with E-state index in [2.05, 4.69) is 10.6 Å². The van der Waals surface area contributed by atoms with Crippen LogP contribution < -0.4 is 10.6 Å². The van der Waals surface area contributed by atoms with Crippen molar-refractivity contribution in [2.24, 2.45) is 0 Å². The lowest BCUT2D eigenvalue weighted by Crippen LogP contribution is -2.50. The van der Waals surface area contributed by atoms with Crippen LogP contribution in [0.1, 0.15) is 45.6 Å². The van der Waals surface area contributed by atoms with Crippen molar-refractivity contribution < 1.29 is 33.8 Å². The highest BCUT2D eigenvalue weighted by atomic mass is 35.5. The molecule has 1 saturated heterocycles. The molecule has 216 valence electrons. The molecule has 3 amide bonds. The fraction of sp³-hybridized carbons (Fsp3) is 0.448. The van der Waals surface area contributed by atoms with Gasteiger partial charge in [-0.25, -0.2) is 4.79 Å². The van der Waals surface area contributed by atoms with Crippen LogP contribution in [0.2, 0.25) is 5.02 Å². The zero-order valence-electron chi connectivity index (χ0n) is 22.9. The van der Waals surface area contributed by atoms with Gasteiger partial charge in [-0.3, -0.25) is 19.3 Å². The molecule has 0 bridgehead atoms. The monoisotopic (exact) mass is 573 g/mol. The molecule has 3 N–H and O–H groups in total. The molecular weight excluding hydrogens is 538 g/mol. The fourth-order valence-electron chi connectivity index (χ4n) is 4.23. The number of carbonyl (C=O) groups is 4. The smallest absolute Gasteiger partial charge is 0.412 e. The van der Waals surface area contributed by atoms with Crippen LogP contribution in [0.15, 0.2) is 48.5 Å². The lowest BCUT2D eigenvalue weighted by molar-refractivity contribution is -0.138. The van der Waals surface area contributed by atoms with E-state index in [4.69, 9.17) is 26.2 Å². The molecule has 0 spiro atoms. The second kappa shape index (κ2) is 14.1. The van der Waals surface area contributed by atoms with Crippen molar-refractivity contribution in [2.75, 3.05) is 19.7 Å². The summed E-state index contributed by atoms with van der Waals surface area (Å²) in [5.74, 6) is -2.24. The molecule has 0 aliphatic carbocycles. The number of aliphatic carboxylic acids is 1. The molecule has 0 saturated carbocycles. The first-order chi connectivity index (χ1) is 18.9. The van der Waals surface area contributed by atoms with Crippen molar-refractivity contribution in [3.63, 3.8) is 0 Å². The van der Waals surface area contributed by atoms with Gasteiger partial charge in [0.1, 0.15) is 24.4 Å². The molecule has 0 radical (unpaired) electrons. The van der Waals surface area contributed by atoms with Crippen molar-refractivity contribution in [2.45, 2.75) is 64.3 Å². The SMILES string of the molecule is CC(C)(C)OC(=O)N1CCCOC1CCC(=O)N[C@@H](Cc1cccc(-c2ccc(Cl)cc2)c1)C(=O)NCC(=O)O. The Morgan fingerprint density at radius 2 is 1.85 bits per heavy atom. The molecular formula is C29H36ClN3O7. The Hall–Kier alpha value is -3.63. The van der Waals surface area contributed by atoms with Crippen molar-refractivity contribution >= 4 is 35.5 Å². The van der Waals surface area contributed by atoms with E-state index in [0.29, 0.717) is 24.6 Å². The summed E-state index contributed by atoms with van der Waals surface area (Å²) < 4.78 is 11.2. The topological polar surface area (TPSA) is 134 Å². The zero-order chi connectivity index (χ0) is 29.3. The molecule has 1 heterocycles. The summed E-state index contributed by atoms with van der Waals surface area (Å²) in [6.07, 6.45) is -0.155. The molecule has 3 rings (SSSR count). The molecule has 40 heavy (non-hydrogen) atoms. The van der Waals surface area contributed by atoms with Crippen LogP contribution in [-0.2, 0) is 30.3 Å². The Morgan fingerprint density at radius 1 is 1.12 bits per heavy atom. The molecule has 0 aromatic heterocycles. The first-order valence-corrected chi connectivity index (χ1v) is 13.5. The average molecular weight is 574 g/mol. The van der Waals surface area contributed by atoms with Gasteiger partial charge in [-0.1, -0.05) is 48.0 Å². The summed E-state index contributed by atoms with van der Waals surface area (Å²) in [5, 5.41) is 14.7. The number of carbonyl (C=O) groups excluding carboxylic acids is 3. The van der Waals surface area contributed by atoms with Crippen molar-refractivity contribution in [3.05, 3.63) is 59.1 Å². The van der Waals surface area contributed by atoms with Gasteiger partial charge in [0.05, 0.1) is 6.61 Å². The highest BCUT2D eigenvalue weighted by Crippen LogP contribution is 2.23. The average Bonchev–Trinajstić information content (AvgIpc) is 2.90. The minimum Gasteiger partial charge on any atom is -0.480 e. The zero-order valence-corrected chi connectivity index (χ0v) is 23.7. The van der Waals surface area contributed by atoms with Crippen LogP contribution in [0.4, 0.5) is 4.79 Å². The van der Waals surface area contributed by atoms with Crippen molar-refractivity contribution in [1.29, 1.82) is 0 Å². The first kappa shape index (κ1) is 30.9. The summed E-state index contributed by atoms with van der Waals surface area (Å²) in [7, 11) is 0. The van der Waals surface area contributed by atoms with E-state index >= 15 is 0 Å². The van der Waals surface area contributed by atoms with Gasteiger partial charge in [-0.15, -0.1) is 0 Å². The Balaban J connectivity index is 1.68. The summed E-state index contributed by atoms with van der Waals surface area (Å²) >= 11 is 6.00. The number of rotatable bonds is 10. The van der Waals surface area contributed by atoms with Gasteiger partial charge < -0.3 is 25.2 Å². The molecule has 2 atom stereocenters. The second-order valence-electron chi connectivity index (χ2n) is 10.5. The minimum absolute atomic E-state index is 0.0164. The highest BCUT2D eigenvalue weighted by Gasteiger charge is 2.32. The van der Waals surface area contributed by atoms with E-state index in [-0.39, 0.29) is 19.3 Å². The third kappa shape index (κ3) is 9.84. The number of halogens is 1. The number of ether oxygens (including phenoxy) is 2. The van der Waals surface area contributed by atoms with Crippen LogP contribution in [0.25, 0.3) is 11.1 Å². The maximum atomic E-state index is 12.9. The van der Waals surface area contributed by atoms with Crippen LogP contribution in [0, 0.1) is 0 Å². The van der Waals surface area contributed by atoms with Gasteiger partial charge in [0.25, 0.3) is 0 Å². The molecule has 2 aromatic carbocycles. The molecule has 2 aromatic rings. The Bertz CT molecular complexity index is 1200. The van der Waals surface area contributed by atoms with Crippen LogP contribution >= 0.6 is 11.6 Å². The van der Waals surface area contributed by atoms with E-state index in [1.807, 2.05) is 36.4 Å². The van der Waals surface area contributed by atoms with E-state index < -0.39 is 48.3 Å². The molecule has 1 aliphatic rings. The molecule has 11 heteroatoms. The Morgan fingerprint density at radius 3 is 2.52 bits per heavy atom. The third-order valence-electron chi connectivity index (χ3n) is 6.06. The van der Waals surface area contributed by atoms with E-state index in [0.717, 1.165) is 16.7 Å². The number of amides is 3. The largest absolute Gasteiger partial charge is 0.480 e. The van der Waals surface area contributed by atoms with Gasteiger partial charge in [-0.05, 0) is 56.0 Å². The normalized spacial score (nSPS) is 16.1. The summed E-state index contributed by atoms with van der Waals surface area (Å²) in [6, 6.07) is 13.8. The van der Waals surface area contributed by atoms with E-state index in [1.165, 1.54) is 4.90 Å². The molecule has 1 aliphatic heterocycles. The number of nitrogens with zero attached hydrogens (tertiary/aromatic N) is 1. The number of hydrogen-bond acceptors (Lipinski definition) is 6. The van der Waals surface area contributed by atoms with Crippen LogP contribution in [-0.4, -0.2) is 71.5 Å². The summed E-state index contributed by atoms with van der Waals surface area (Å²) in [4.78, 5) is 50.9. The number of carboxylic acids is 1. The quantitative estimate of drug-likeness (QED) is 0.391. The number of hydrogen-bond donors (Lipinski definition) is 3. The van der Waals surface area contributed by atoms with Crippen LogP contribution in [0.5, 0.6) is 0 Å². The molecule has 1 unspecified atom stereocenters. The maximum absolute atomic E-state index is 12.9. The number of nitrogens with one attached hydrogen (secondary N) is 2. The molecule has 1 fully saturated rings. The van der Waals surface area contributed by atoms with Crippen molar-refractivity contribution in [3.8, 4) is 11.1 Å². The second-order valence-corrected chi connectivity index (χ2v) is 11.0. The Labute approximate surface area is 239 Å². The fourth-order valence-corrected chi connectivity index (χ4v) is 4.35. The maximum Gasteiger partial charge on any atom is 0.412 e. The lowest BCUT2D eigenvalue weighted by Gasteiger charge is -2.36. The Kier molecular flexibility index (Phi) is 10.9. The summed E-state index contributed by atoms with van der Waals surface area (Å²) in [6.45, 7) is 5.66. The first-order valence-electron chi connectivity index (χ1n) is 13.2. The van der Waals surface area contributed by atoms with Gasteiger partial charge in [0.2, 0.25) is 11.8 Å². The van der Waals surface area contributed by atoms with Gasteiger partial charge in [0.15, 0.2) is 0 Å². The predicted molar refractivity (Wildman–Crippen MR) is 150 cm³/mol. The predicted octanol–water partition coefficient (Wildman–Crippen LogP) is 4.00. The lowest BCUT2D eigenvalue weighted by atomic mass is 9.99. The number of benzene rings is 2. The molecule has 10 nitrogen and oxygen atoms in total. The standard InChI is InChI=1S/C29H36ClN3O7/c1-29(2,3)40-28(38)33-14-5-15-39-25(33)13-12-24(34)32-23(27(37)31-18-26(35)36)17-19-6-4-7-21(16-19)20-8-10-22(30)11-9-20/h4,6-11,16,23,25H,5,12-15,17-18H2,1-3H3,(H,31,37)(H,32,34)(H,35,36)/t23-,25?/m0/s1.